The van der Waals surface area contributed by atoms with Crippen LogP contribution in [0.2, 0.25) is 0 Å². The minimum Gasteiger partial charge on any atom is -0.392 e. The molecule has 3 rings (SSSR count). The maximum absolute atomic E-state index is 12.2. The van der Waals surface area contributed by atoms with Crippen LogP contribution in [0.1, 0.15) is 13.3 Å². The topological polar surface area (TPSA) is 117 Å². The standard InChI is InChI=1S/C16H26N6O4/c1-11(23)10-22-12-13(20(2)16(25)19-14(12)24)18-15(22)17-4-3-5-21-6-8-26-9-7-21/h11,23H,3-10H2,1-2H3,(H,17,18)(H,19,24,25). The predicted molar refractivity (Wildman–Crippen MR) is 97.6 cm³/mol. The van der Waals surface area contributed by atoms with Gasteiger partial charge in [-0.1, -0.05) is 0 Å². The third-order valence-corrected chi connectivity index (χ3v) is 4.49. The first-order chi connectivity index (χ1) is 12.5. The molecular weight excluding hydrogens is 340 g/mol. The Kier molecular flexibility index (Phi) is 5.74. The number of nitrogens with one attached hydrogen (secondary N) is 2. The van der Waals surface area contributed by atoms with Crippen LogP contribution >= 0.6 is 0 Å². The molecule has 10 nitrogen and oxygen atoms in total. The van der Waals surface area contributed by atoms with E-state index in [4.69, 9.17) is 4.74 Å². The van der Waals surface area contributed by atoms with Crippen molar-refractivity contribution in [2.75, 3.05) is 44.7 Å². The Morgan fingerprint density at radius 1 is 1.35 bits per heavy atom. The first-order valence-electron chi connectivity index (χ1n) is 8.89. The number of aliphatic hydroxyl groups is 1. The van der Waals surface area contributed by atoms with Gasteiger partial charge in [0.15, 0.2) is 11.2 Å². The number of aryl methyl sites for hydroxylation is 1. The lowest BCUT2D eigenvalue weighted by atomic mass is 10.3. The number of H-pyrrole nitrogens is 1. The number of aromatic amines is 1. The maximum Gasteiger partial charge on any atom is 0.329 e. The van der Waals surface area contributed by atoms with Gasteiger partial charge in [0, 0.05) is 26.7 Å². The summed E-state index contributed by atoms with van der Waals surface area (Å²) in [4.78, 5) is 33.1. The van der Waals surface area contributed by atoms with Gasteiger partial charge in [0.1, 0.15) is 0 Å². The van der Waals surface area contributed by atoms with E-state index in [0.717, 1.165) is 39.3 Å². The molecular formula is C16H26N6O4. The molecule has 0 amide bonds. The number of hydrogen-bond acceptors (Lipinski definition) is 7. The summed E-state index contributed by atoms with van der Waals surface area (Å²) >= 11 is 0. The van der Waals surface area contributed by atoms with Gasteiger partial charge in [-0.25, -0.2) is 4.79 Å². The molecule has 0 radical (unpaired) electrons. The highest BCUT2D eigenvalue weighted by Gasteiger charge is 2.18. The summed E-state index contributed by atoms with van der Waals surface area (Å²) in [6.45, 7) is 6.91. The van der Waals surface area contributed by atoms with Crippen LogP contribution in [-0.2, 0) is 18.3 Å². The number of fused-ring (bicyclic) bond motifs is 1. The van der Waals surface area contributed by atoms with E-state index in [1.165, 1.54) is 4.57 Å². The molecule has 0 spiro atoms. The monoisotopic (exact) mass is 366 g/mol. The maximum atomic E-state index is 12.2. The Labute approximate surface area is 150 Å². The van der Waals surface area contributed by atoms with Crippen LogP contribution in [0.3, 0.4) is 0 Å². The number of nitrogens with zero attached hydrogens (tertiary/aromatic N) is 4. The van der Waals surface area contributed by atoms with Crippen molar-refractivity contribution >= 4 is 17.1 Å². The molecule has 3 N–H and O–H groups in total. The third kappa shape index (κ3) is 3.97. The second-order valence-corrected chi connectivity index (χ2v) is 6.62. The molecule has 2 aromatic rings. The lowest BCUT2D eigenvalue weighted by Gasteiger charge is -2.26. The molecule has 1 unspecified atom stereocenters. The van der Waals surface area contributed by atoms with Crippen LogP contribution in [-0.4, -0.2) is 74.6 Å². The van der Waals surface area contributed by atoms with Crippen LogP contribution in [0.15, 0.2) is 9.59 Å². The number of hydrogen-bond donors (Lipinski definition) is 3. The Bertz CT molecular complexity index is 862. The lowest BCUT2D eigenvalue weighted by Crippen LogP contribution is -2.37. The van der Waals surface area contributed by atoms with Crippen molar-refractivity contribution in [2.45, 2.75) is 26.0 Å². The van der Waals surface area contributed by atoms with Gasteiger partial charge in [0.05, 0.1) is 25.9 Å². The molecule has 0 aliphatic carbocycles. The molecule has 26 heavy (non-hydrogen) atoms. The summed E-state index contributed by atoms with van der Waals surface area (Å²) in [5, 5.41) is 13.0. The van der Waals surface area contributed by atoms with E-state index < -0.39 is 17.4 Å². The molecule has 1 fully saturated rings. The van der Waals surface area contributed by atoms with E-state index in [0.29, 0.717) is 18.1 Å². The predicted octanol–water partition coefficient (Wildman–Crippen LogP) is -1.06. The summed E-state index contributed by atoms with van der Waals surface area (Å²) in [6.07, 6.45) is 0.255. The minimum atomic E-state index is -0.655. The van der Waals surface area contributed by atoms with Gasteiger partial charge in [0.2, 0.25) is 5.95 Å². The molecule has 2 aromatic heterocycles. The largest absolute Gasteiger partial charge is 0.392 e. The van der Waals surface area contributed by atoms with Crippen LogP contribution in [0, 0.1) is 0 Å². The fourth-order valence-corrected chi connectivity index (χ4v) is 3.14. The SMILES string of the molecule is CC(O)Cn1c(NCCCN2CCOCC2)nc2c1c(=O)[nH]c(=O)n2C. The molecule has 3 heterocycles. The first kappa shape index (κ1) is 18.6. The van der Waals surface area contributed by atoms with Gasteiger partial charge in [-0.2, -0.15) is 4.98 Å². The number of anilines is 1. The number of ether oxygens (including phenoxy) is 1. The highest BCUT2D eigenvalue weighted by atomic mass is 16.5. The summed E-state index contributed by atoms with van der Waals surface area (Å²) in [6, 6.07) is 0. The summed E-state index contributed by atoms with van der Waals surface area (Å²) in [7, 11) is 1.56. The number of imidazole rings is 1. The van der Waals surface area contributed by atoms with Gasteiger partial charge in [0.25, 0.3) is 5.56 Å². The summed E-state index contributed by atoms with van der Waals surface area (Å²) in [5.41, 5.74) is -0.431. The Hall–Kier alpha value is -2.17. The normalized spacial score (nSPS) is 16.9. The van der Waals surface area contributed by atoms with Crippen molar-refractivity contribution in [2.24, 2.45) is 7.05 Å². The highest BCUT2D eigenvalue weighted by molar-refractivity contribution is 5.74. The van der Waals surface area contributed by atoms with Crippen molar-refractivity contribution in [3.63, 3.8) is 0 Å². The first-order valence-corrected chi connectivity index (χ1v) is 8.89. The molecule has 0 saturated carbocycles. The molecule has 1 atom stereocenters. The number of aliphatic hydroxyl groups excluding tert-OH is 1. The minimum absolute atomic E-state index is 0.212. The Morgan fingerprint density at radius 3 is 2.77 bits per heavy atom. The van der Waals surface area contributed by atoms with Crippen LogP contribution in [0.4, 0.5) is 5.95 Å². The van der Waals surface area contributed by atoms with E-state index in [2.05, 4.69) is 20.2 Å². The third-order valence-electron chi connectivity index (χ3n) is 4.49. The number of aromatic nitrogens is 4. The zero-order valence-electron chi connectivity index (χ0n) is 15.2. The Morgan fingerprint density at radius 2 is 2.08 bits per heavy atom. The summed E-state index contributed by atoms with van der Waals surface area (Å²) in [5.74, 6) is 0.481. The van der Waals surface area contributed by atoms with Crippen LogP contribution < -0.4 is 16.6 Å². The average molecular weight is 366 g/mol. The molecule has 10 heteroatoms. The van der Waals surface area contributed by atoms with Crippen molar-refractivity contribution < 1.29 is 9.84 Å². The van der Waals surface area contributed by atoms with Gasteiger partial charge in [-0.05, 0) is 19.9 Å². The van der Waals surface area contributed by atoms with E-state index >= 15 is 0 Å². The van der Waals surface area contributed by atoms with E-state index in [9.17, 15) is 14.7 Å². The molecule has 1 aliphatic heterocycles. The lowest BCUT2D eigenvalue weighted by molar-refractivity contribution is 0.0378. The molecule has 144 valence electrons. The smallest absolute Gasteiger partial charge is 0.329 e. The number of rotatable bonds is 7. The zero-order valence-corrected chi connectivity index (χ0v) is 15.2. The van der Waals surface area contributed by atoms with Gasteiger partial charge in [-0.15, -0.1) is 0 Å². The highest BCUT2D eigenvalue weighted by Crippen LogP contribution is 2.16. The van der Waals surface area contributed by atoms with E-state index in [-0.39, 0.29) is 12.1 Å². The quantitative estimate of drug-likeness (QED) is 0.535. The summed E-state index contributed by atoms with van der Waals surface area (Å²) < 4.78 is 8.27. The van der Waals surface area contributed by atoms with Crippen molar-refractivity contribution in [1.29, 1.82) is 0 Å². The van der Waals surface area contributed by atoms with Crippen molar-refractivity contribution in [1.82, 2.24) is 24.0 Å². The molecule has 1 aliphatic rings. The van der Waals surface area contributed by atoms with E-state index in [1.807, 2.05) is 0 Å². The van der Waals surface area contributed by atoms with Crippen LogP contribution in [0.5, 0.6) is 0 Å². The zero-order chi connectivity index (χ0) is 18.7. The molecule has 0 bridgehead atoms. The molecule has 1 saturated heterocycles. The number of morpholine rings is 1. The second kappa shape index (κ2) is 8.02. The Balaban J connectivity index is 1.78. The second-order valence-electron chi connectivity index (χ2n) is 6.62. The molecule has 0 aromatic carbocycles. The van der Waals surface area contributed by atoms with Gasteiger partial charge >= 0.3 is 5.69 Å². The van der Waals surface area contributed by atoms with Gasteiger partial charge in [-0.3, -0.25) is 19.2 Å². The van der Waals surface area contributed by atoms with Crippen molar-refractivity contribution in [3.05, 3.63) is 20.8 Å². The van der Waals surface area contributed by atoms with E-state index in [1.54, 1.807) is 18.5 Å². The average Bonchev–Trinajstić information content (AvgIpc) is 2.96. The fraction of sp³-hybridized carbons (Fsp3) is 0.688. The van der Waals surface area contributed by atoms with Crippen molar-refractivity contribution in [3.8, 4) is 0 Å². The van der Waals surface area contributed by atoms with Gasteiger partial charge < -0.3 is 19.7 Å². The fourth-order valence-electron chi connectivity index (χ4n) is 3.14. The van der Waals surface area contributed by atoms with Crippen LogP contribution in [0.25, 0.3) is 11.2 Å².